The van der Waals surface area contributed by atoms with Crippen LogP contribution in [0.3, 0.4) is 0 Å². The molecule has 6 heteroatoms. The van der Waals surface area contributed by atoms with Crippen molar-refractivity contribution in [2.75, 3.05) is 12.5 Å². The molecule has 0 spiro atoms. The van der Waals surface area contributed by atoms with E-state index in [0.29, 0.717) is 35.2 Å². The Labute approximate surface area is 181 Å². The lowest BCUT2D eigenvalue weighted by Crippen LogP contribution is -2.01. The molecule has 3 aromatic carbocycles. The predicted molar refractivity (Wildman–Crippen MR) is 119 cm³/mol. The first-order valence-corrected chi connectivity index (χ1v) is 10.4. The molecular formula is C23H17BrClNO3. The van der Waals surface area contributed by atoms with Crippen molar-refractivity contribution in [3.8, 4) is 17.2 Å². The van der Waals surface area contributed by atoms with Crippen LogP contribution in [0.2, 0.25) is 0 Å². The molecule has 1 aromatic heterocycles. The highest BCUT2D eigenvalue weighted by molar-refractivity contribution is 9.10. The fourth-order valence-electron chi connectivity index (χ4n) is 2.99. The topological polar surface area (TPSA) is 51.3 Å². The third-order valence-electron chi connectivity index (χ3n) is 4.38. The Hall–Kier alpha value is -2.76. The minimum absolute atomic E-state index is 0.0948. The summed E-state index contributed by atoms with van der Waals surface area (Å²) in [7, 11) is 0. The number of fused-ring (bicyclic) bond motifs is 1. The van der Waals surface area contributed by atoms with E-state index in [4.69, 9.17) is 21.1 Å². The number of aromatic amines is 1. The van der Waals surface area contributed by atoms with Gasteiger partial charge in [0.15, 0.2) is 0 Å². The molecule has 0 bridgehead atoms. The van der Waals surface area contributed by atoms with E-state index >= 15 is 0 Å². The molecule has 29 heavy (non-hydrogen) atoms. The van der Waals surface area contributed by atoms with Gasteiger partial charge in [-0.15, -0.1) is 11.6 Å². The standard InChI is InChI=1S/C23H17BrClNO3/c24-22-18-14-20(26-19(18)10-11-21(22)28-13-12-25)23(27)15-6-8-17(9-7-15)29-16-4-2-1-3-5-16/h1-11,14,26H,12-13H2. The van der Waals surface area contributed by atoms with E-state index < -0.39 is 0 Å². The molecular weight excluding hydrogens is 454 g/mol. The molecule has 4 aromatic rings. The maximum Gasteiger partial charge on any atom is 0.209 e. The van der Waals surface area contributed by atoms with Crippen LogP contribution in [0, 0.1) is 0 Å². The van der Waals surface area contributed by atoms with Gasteiger partial charge in [0.25, 0.3) is 0 Å². The smallest absolute Gasteiger partial charge is 0.209 e. The minimum atomic E-state index is -0.0948. The largest absolute Gasteiger partial charge is 0.491 e. The van der Waals surface area contributed by atoms with Crippen molar-refractivity contribution in [3.63, 3.8) is 0 Å². The van der Waals surface area contributed by atoms with Crippen LogP contribution in [0.5, 0.6) is 17.2 Å². The summed E-state index contributed by atoms with van der Waals surface area (Å²) in [5.74, 6) is 2.43. The van der Waals surface area contributed by atoms with Crippen molar-refractivity contribution in [2.24, 2.45) is 0 Å². The van der Waals surface area contributed by atoms with Crippen molar-refractivity contribution in [3.05, 3.63) is 88.5 Å². The molecule has 0 fully saturated rings. The van der Waals surface area contributed by atoms with Crippen molar-refractivity contribution in [2.45, 2.75) is 0 Å². The number of para-hydroxylation sites is 1. The number of ketones is 1. The lowest BCUT2D eigenvalue weighted by Gasteiger charge is -2.06. The summed E-state index contributed by atoms with van der Waals surface area (Å²) in [6, 6.07) is 22.2. The van der Waals surface area contributed by atoms with Crippen LogP contribution >= 0.6 is 27.5 Å². The van der Waals surface area contributed by atoms with Gasteiger partial charge < -0.3 is 14.5 Å². The zero-order valence-electron chi connectivity index (χ0n) is 15.3. The lowest BCUT2D eigenvalue weighted by molar-refractivity contribution is 0.103. The Morgan fingerprint density at radius 2 is 1.69 bits per heavy atom. The van der Waals surface area contributed by atoms with E-state index in [0.717, 1.165) is 21.1 Å². The highest BCUT2D eigenvalue weighted by Gasteiger charge is 2.15. The average Bonchev–Trinajstić information content (AvgIpc) is 3.19. The second kappa shape index (κ2) is 8.72. The number of rotatable bonds is 7. The summed E-state index contributed by atoms with van der Waals surface area (Å²) in [6.07, 6.45) is 0. The second-order valence-electron chi connectivity index (χ2n) is 6.33. The number of H-pyrrole nitrogens is 1. The summed E-state index contributed by atoms with van der Waals surface area (Å²) >= 11 is 9.25. The molecule has 0 aliphatic carbocycles. The van der Waals surface area contributed by atoms with E-state index in [1.165, 1.54) is 0 Å². The molecule has 1 heterocycles. The van der Waals surface area contributed by atoms with Gasteiger partial charge in [-0.3, -0.25) is 4.79 Å². The molecule has 0 aliphatic rings. The monoisotopic (exact) mass is 469 g/mol. The number of carbonyl (C=O) groups is 1. The van der Waals surface area contributed by atoms with Gasteiger partial charge in [0, 0.05) is 16.5 Å². The first-order chi connectivity index (χ1) is 14.2. The van der Waals surface area contributed by atoms with Crippen LogP contribution in [0.15, 0.2) is 77.3 Å². The molecule has 0 unspecified atom stereocenters. The number of hydrogen-bond donors (Lipinski definition) is 1. The number of halogens is 2. The van der Waals surface area contributed by atoms with E-state index in [9.17, 15) is 4.79 Å². The van der Waals surface area contributed by atoms with Crippen molar-refractivity contribution in [1.29, 1.82) is 0 Å². The summed E-state index contributed by atoms with van der Waals surface area (Å²) < 4.78 is 12.2. The Morgan fingerprint density at radius 3 is 2.41 bits per heavy atom. The van der Waals surface area contributed by atoms with Gasteiger partial charge >= 0.3 is 0 Å². The van der Waals surface area contributed by atoms with E-state index in [-0.39, 0.29) is 5.78 Å². The zero-order valence-corrected chi connectivity index (χ0v) is 17.7. The van der Waals surface area contributed by atoms with Gasteiger partial charge in [-0.2, -0.15) is 0 Å². The summed E-state index contributed by atoms with van der Waals surface area (Å²) in [6.45, 7) is 0.416. The van der Waals surface area contributed by atoms with Gasteiger partial charge in [-0.1, -0.05) is 18.2 Å². The Bertz CT molecular complexity index is 1140. The van der Waals surface area contributed by atoms with Crippen molar-refractivity contribution >= 4 is 44.2 Å². The molecule has 0 saturated heterocycles. The molecule has 0 amide bonds. The van der Waals surface area contributed by atoms with Crippen molar-refractivity contribution in [1.82, 2.24) is 4.98 Å². The highest BCUT2D eigenvalue weighted by atomic mass is 79.9. The van der Waals surface area contributed by atoms with Crippen LogP contribution in [-0.2, 0) is 0 Å². The third kappa shape index (κ3) is 4.31. The van der Waals surface area contributed by atoms with E-state index in [1.807, 2.05) is 48.5 Å². The number of aromatic nitrogens is 1. The van der Waals surface area contributed by atoms with Gasteiger partial charge in [-0.25, -0.2) is 0 Å². The Morgan fingerprint density at radius 1 is 0.966 bits per heavy atom. The number of ether oxygens (including phenoxy) is 2. The normalized spacial score (nSPS) is 10.8. The number of nitrogens with one attached hydrogen (secondary N) is 1. The summed E-state index contributed by atoms with van der Waals surface area (Å²) in [5.41, 5.74) is 1.93. The van der Waals surface area contributed by atoms with Gasteiger partial charge in [-0.05, 0) is 70.5 Å². The van der Waals surface area contributed by atoms with Crippen LogP contribution in [-0.4, -0.2) is 23.3 Å². The maximum absolute atomic E-state index is 12.9. The Balaban J connectivity index is 1.56. The van der Waals surface area contributed by atoms with Gasteiger partial charge in [0.2, 0.25) is 5.78 Å². The number of alkyl halides is 1. The SMILES string of the molecule is O=C(c1ccc(Oc2ccccc2)cc1)c1cc2c(Br)c(OCCCl)ccc2[nH]1. The zero-order chi connectivity index (χ0) is 20.2. The van der Waals surface area contributed by atoms with E-state index in [1.54, 1.807) is 24.3 Å². The first kappa shape index (κ1) is 19.6. The maximum atomic E-state index is 12.9. The molecule has 146 valence electrons. The molecule has 0 aliphatic heterocycles. The van der Waals surface area contributed by atoms with Gasteiger partial charge in [0.05, 0.1) is 16.0 Å². The quantitative estimate of drug-likeness (QED) is 0.245. The van der Waals surface area contributed by atoms with Crippen LogP contribution < -0.4 is 9.47 Å². The number of hydrogen-bond acceptors (Lipinski definition) is 3. The molecule has 1 N–H and O–H groups in total. The number of carbonyl (C=O) groups excluding carboxylic acids is 1. The molecule has 0 atom stereocenters. The molecule has 0 radical (unpaired) electrons. The van der Waals surface area contributed by atoms with Crippen LogP contribution in [0.25, 0.3) is 10.9 Å². The lowest BCUT2D eigenvalue weighted by atomic mass is 10.1. The van der Waals surface area contributed by atoms with Crippen LogP contribution in [0.4, 0.5) is 0 Å². The highest BCUT2D eigenvalue weighted by Crippen LogP contribution is 2.34. The fraction of sp³-hybridized carbons (Fsp3) is 0.0870. The average molecular weight is 471 g/mol. The summed E-state index contributed by atoms with van der Waals surface area (Å²) in [4.78, 5) is 16.1. The van der Waals surface area contributed by atoms with Crippen molar-refractivity contribution < 1.29 is 14.3 Å². The Kier molecular flexibility index (Phi) is 5.88. The molecule has 0 saturated carbocycles. The first-order valence-electron chi connectivity index (χ1n) is 9.03. The van der Waals surface area contributed by atoms with Gasteiger partial charge in [0.1, 0.15) is 23.9 Å². The summed E-state index contributed by atoms with van der Waals surface area (Å²) in [5, 5.41) is 0.879. The van der Waals surface area contributed by atoms with Crippen LogP contribution in [0.1, 0.15) is 16.1 Å². The fourth-order valence-corrected chi connectivity index (χ4v) is 3.64. The molecule has 4 nitrogen and oxygen atoms in total. The number of benzene rings is 3. The third-order valence-corrected chi connectivity index (χ3v) is 5.35. The molecule has 4 rings (SSSR count). The predicted octanol–water partition coefficient (Wildman–Crippen LogP) is 6.57. The second-order valence-corrected chi connectivity index (χ2v) is 7.50. The minimum Gasteiger partial charge on any atom is -0.491 e. The van der Waals surface area contributed by atoms with E-state index in [2.05, 4.69) is 20.9 Å².